The summed E-state index contributed by atoms with van der Waals surface area (Å²) in [6, 6.07) is 12.4. The Hall–Kier alpha value is 4.98. The van der Waals surface area contributed by atoms with Gasteiger partial charge in [0.2, 0.25) is 4.69 Å². The normalized spacial score (nSPS) is 13.7. The zero-order chi connectivity index (χ0) is 14.0. The molecule has 0 spiro atoms. The molecule has 1 rings (SSSR count). The third-order valence-corrected chi connectivity index (χ3v) is 204. The monoisotopic (exact) mass is 1080 g/mol. The van der Waals surface area contributed by atoms with E-state index in [0.717, 1.165) is 0 Å². The van der Waals surface area contributed by atoms with Gasteiger partial charge >= 0.3 is 0 Å². The van der Waals surface area contributed by atoms with Gasteiger partial charge in [-0.25, -0.2) is 0 Å². The second-order valence-corrected chi connectivity index (χ2v) is 112. The van der Waals surface area contributed by atoms with Gasteiger partial charge < -0.3 is 0 Å². The van der Waals surface area contributed by atoms with Crippen molar-refractivity contribution in [2.75, 3.05) is 0 Å². The summed E-state index contributed by atoms with van der Waals surface area (Å²) in [5.74, 6) is 0. The lowest BCUT2D eigenvalue weighted by Crippen LogP contribution is -2.57. The van der Waals surface area contributed by atoms with E-state index in [1.54, 1.807) is 0 Å². The Bertz CT molecular complexity index is 389. The molecule has 102 valence electrons. The topological polar surface area (TPSA) is 0 Å². The van der Waals surface area contributed by atoms with Crippen LogP contribution in [0.2, 0.25) is 6.04 Å². The van der Waals surface area contributed by atoms with Crippen molar-refractivity contribution in [2.24, 2.45) is 0 Å². The van der Waals surface area contributed by atoms with E-state index in [1.807, 2.05) is 0 Å². The van der Waals surface area contributed by atoms with E-state index in [0.29, 0.717) is 0 Å². The largest absolute Gasteiger partial charge is 0.263 e. The SMILES string of the molecule is I[Si](I)(I)[Si](I)(I)[Si](I)(I)CCc1ccccc1. The van der Waals surface area contributed by atoms with Gasteiger partial charge in [-0.05, 0) is 18.0 Å². The van der Waals surface area contributed by atoms with E-state index >= 15 is 0 Å². The van der Waals surface area contributed by atoms with Crippen molar-refractivity contribution in [3.8, 4) is 0 Å². The molecule has 0 unspecified atom stereocenters. The first-order valence-corrected chi connectivity index (χ1v) is 34.9. The summed E-state index contributed by atoms with van der Waals surface area (Å²) >= 11 is 19.8. The molecule has 0 saturated heterocycles. The minimum atomic E-state index is -1.16. The third-order valence-electron chi connectivity index (χ3n) is 2.39. The van der Waals surface area contributed by atoms with E-state index in [2.05, 4.69) is 183 Å². The zero-order valence-corrected chi connectivity index (χ0v) is 27.0. The highest BCUT2D eigenvalue weighted by molar-refractivity contribution is 14.4. The van der Waals surface area contributed by atoms with Crippen molar-refractivity contribution in [3.63, 3.8) is 0 Å². The van der Waals surface area contributed by atoms with Crippen LogP contribution in [0.4, 0.5) is 0 Å². The maximum atomic E-state index is 2.88. The molecule has 0 aliphatic carbocycles. The fourth-order valence-corrected chi connectivity index (χ4v) is 159. The Morgan fingerprint density at radius 2 is 1.28 bits per heavy atom. The summed E-state index contributed by atoms with van der Waals surface area (Å²) in [7, 11) is 0. The fourth-order valence-electron chi connectivity index (χ4n) is 1.31. The van der Waals surface area contributed by atoms with Crippen molar-refractivity contribution >= 4 is 157 Å². The summed E-state index contributed by atoms with van der Waals surface area (Å²) in [5, 5.41) is 0. The molecule has 0 N–H and O–H groups in total. The molecule has 1 aromatic carbocycles. The molecule has 0 saturated carbocycles. The predicted octanol–water partition coefficient (Wildman–Crippen LogP) is 7.25. The highest BCUT2D eigenvalue weighted by Crippen LogP contribution is 2.56. The Balaban J connectivity index is 2.77. The first-order valence-electron chi connectivity index (χ1n) is 4.94. The van der Waals surface area contributed by atoms with Crippen LogP contribution >= 0.6 is 153 Å². The predicted molar refractivity (Wildman–Crippen MR) is 150 cm³/mol. The third kappa shape index (κ3) is 6.12. The van der Waals surface area contributed by atoms with Gasteiger partial charge in [0.25, 0.3) is 0.0813 Å². The van der Waals surface area contributed by atoms with Gasteiger partial charge in [-0.3, -0.25) is 0 Å². The molecule has 0 atom stereocenters. The first kappa shape index (κ1) is 21.0. The van der Waals surface area contributed by atoms with Gasteiger partial charge in [-0.15, -0.1) is 87.2 Å². The van der Waals surface area contributed by atoms with Crippen LogP contribution in [-0.2, 0) is 6.42 Å². The van der Waals surface area contributed by atoms with Crippen LogP contribution in [0.25, 0.3) is 0 Å². The molecule has 1 aromatic rings. The van der Waals surface area contributed by atoms with E-state index in [9.17, 15) is 0 Å². The van der Waals surface area contributed by atoms with Gasteiger partial charge in [0, 0.05) is 0 Å². The molecular formula is C8H9I7Si3. The van der Waals surface area contributed by atoms with Crippen molar-refractivity contribution in [3.05, 3.63) is 35.9 Å². The summed E-state index contributed by atoms with van der Waals surface area (Å²) in [5.41, 5.74) is 1.50. The van der Waals surface area contributed by atoms with E-state index in [4.69, 9.17) is 0 Å². The molecule has 0 amide bonds. The lowest BCUT2D eigenvalue weighted by atomic mass is 10.2. The highest BCUT2D eigenvalue weighted by atomic mass is 127. The number of halogens is 7. The highest BCUT2D eigenvalue weighted by Gasteiger charge is 2.61. The summed E-state index contributed by atoms with van der Waals surface area (Å²) in [6.45, 7) is 0. The molecule has 18 heavy (non-hydrogen) atoms. The second-order valence-electron chi connectivity index (χ2n) is 3.76. The van der Waals surface area contributed by atoms with Crippen LogP contribution in [0.1, 0.15) is 5.56 Å². The van der Waals surface area contributed by atoms with Crippen molar-refractivity contribution < 1.29 is 0 Å². The van der Waals surface area contributed by atoms with Gasteiger partial charge in [0.15, 0.2) is 0 Å². The molecule has 0 aromatic heterocycles. The Morgan fingerprint density at radius 3 is 1.72 bits per heavy atom. The molecule has 0 bridgehead atoms. The number of rotatable bonds is 5. The molecule has 0 nitrogen and oxygen atoms in total. The minimum Gasteiger partial charge on any atom is -0.107 e. The molecular weight excluding hydrogens is 1070 g/mol. The second kappa shape index (κ2) is 8.90. The molecule has 0 aliphatic heterocycles. The standard InChI is InChI=1S/C8H9I7Si3/c9-16(10,18(14,15)17(11,12)13)7-6-8-4-2-1-3-5-8/h1-5H,6-7H2. The van der Waals surface area contributed by atoms with Crippen LogP contribution in [-0.4, -0.2) is 4.77 Å². The van der Waals surface area contributed by atoms with Crippen LogP contribution in [0, 0.1) is 0 Å². The quantitative estimate of drug-likeness (QED) is 0.166. The number of aryl methyl sites for hydroxylation is 1. The van der Waals surface area contributed by atoms with E-state index in [1.165, 1.54) is 18.0 Å². The average molecular weight is 1080 g/mol. The van der Waals surface area contributed by atoms with Gasteiger partial charge in [-0.2, -0.15) is 0 Å². The number of benzene rings is 1. The van der Waals surface area contributed by atoms with Crippen LogP contribution < -0.4 is 0 Å². The summed E-state index contributed by atoms with van der Waals surface area (Å²) in [4.78, 5) is 0. The maximum Gasteiger partial charge on any atom is 0.263 e. The van der Waals surface area contributed by atoms with Crippen LogP contribution in [0.3, 0.4) is 0 Å². The lowest BCUT2D eigenvalue weighted by molar-refractivity contribution is 1.13. The number of hydrogen-bond acceptors (Lipinski definition) is 0. The zero-order valence-electron chi connectivity index (χ0n) is 8.95. The smallest absolute Gasteiger partial charge is 0.107 e. The van der Waals surface area contributed by atoms with Crippen molar-refractivity contribution in [2.45, 2.75) is 12.5 Å². The molecule has 10 heteroatoms. The first-order chi connectivity index (χ1) is 8.08. The molecule has 0 fully saturated rings. The van der Waals surface area contributed by atoms with Crippen molar-refractivity contribution in [1.82, 2.24) is 0 Å². The van der Waals surface area contributed by atoms with Crippen molar-refractivity contribution in [1.29, 1.82) is 0 Å². The molecule has 0 aliphatic rings. The van der Waals surface area contributed by atoms with Gasteiger partial charge in [0.1, 0.15) is 0 Å². The summed E-state index contributed by atoms with van der Waals surface area (Å²) in [6.07, 6.45) is 1.26. The molecule has 0 radical (unpaired) electrons. The van der Waals surface area contributed by atoms with Crippen LogP contribution in [0.5, 0.6) is 0 Å². The van der Waals surface area contributed by atoms with Gasteiger partial charge in [0.05, 0.1) is 0 Å². The minimum absolute atomic E-state index is 1.09. The van der Waals surface area contributed by atoms with Crippen LogP contribution in [0.15, 0.2) is 30.3 Å². The average Bonchev–Trinajstić information content (AvgIpc) is 2.26. The lowest BCUT2D eigenvalue weighted by Gasteiger charge is -2.35. The summed E-state index contributed by atoms with van der Waals surface area (Å²) < 4.78 is -3.38. The Labute approximate surface area is 200 Å². The van der Waals surface area contributed by atoms with Gasteiger partial charge in [-0.1, -0.05) is 95.7 Å². The Kier molecular flexibility index (Phi) is 10.4. The van der Waals surface area contributed by atoms with E-state index in [-0.39, 0.29) is 0 Å². The maximum absolute atomic E-state index is 2.88. The van der Waals surface area contributed by atoms with E-state index < -0.39 is 4.77 Å². The Morgan fingerprint density at radius 1 is 0.778 bits per heavy atom. The number of hydrogen-bond donors (Lipinski definition) is 0. The fraction of sp³-hybridized carbons (Fsp3) is 0.250. The molecule has 0 heterocycles.